The average Bonchev–Trinajstić information content (AvgIpc) is 2.98. The Hall–Kier alpha value is -2.54. The number of fused-ring (bicyclic) bond motifs is 1. The first-order valence-electron chi connectivity index (χ1n) is 6.62. The van der Waals surface area contributed by atoms with Crippen molar-refractivity contribution < 1.29 is 4.79 Å². The van der Waals surface area contributed by atoms with E-state index in [1.807, 2.05) is 30.6 Å². The molecule has 4 nitrogen and oxygen atoms in total. The van der Waals surface area contributed by atoms with E-state index in [4.69, 9.17) is 0 Å². The van der Waals surface area contributed by atoms with Crippen molar-refractivity contribution in [1.82, 2.24) is 4.98 Å². The quantitative estimate of drug-likeness (QED) is 0.907. The molecule has 1 atom stereocenters. The molecule has 0 spiro atoms. The molecular formula is C16H15N3O. The lowest BCUT2D eigenvalue weighted by atomic mass is 9.90. The molecule has 1 amide bonds. The van der Waals surface area contributed by atoms with E-state index in [2.05, 4.69) is 17.1 Å². The number of H-pyrrole nitrogens is 1. The molecule has 0 bridgehead atoms. The predicted molar refractivity (Wildman–Crippen MR) is 76.4 cm³/mol. The van der Waals surface area contributed by atoms with Crippen molar-refractivity contribution in [3.8, 4) is 6.07 Å². The number of benzene rings is 1. The zero-order chi connectivity index (χ0) is 14.1. The summed E-state index contributed by atoms with van der Waals surface area (Å²) in [6.45, 7) is 0. The number of nitriles is 1. The van der Waals surface area contributed by atoms with Crippen LogP contribution in [0.2, 0.25) is 0 Å². The highest BCUT2D eigenvalue weighted by Crippen LogP contribution is 2.32. The van der Waals surface area contributed by atoms with Crippen LogP contribution in [0.25, 0.3) is 0 Å². The van der Waals surface area contributed by atoms with Crippen LogP contribution < -0.4 is 4.90 Å². The number of anilines is 1. The number of aromatic nitrogens is 1. The molecule has 0 radical (unpaired) electrons. The SMILES string of the molecule is CN1C(=O)CCc2cc(C(C#N)c3cc[nH]c3)ccc21. The fraction of sp³-hybridized carbons (Fsp3) is 0.250. The van der Waals surface area contributed by atoms with E-state index in [0.717, 1.165) is 28.8 Å². The van der Waals surface area contributed by atoms with Crippen molar-refractivity contribution in [2.45, 2.75) is 18.8 Å². The Morgan fingerprint density at radius 2 is 2.15 bits per heavy atom. The first-order chi connectivity index (χ1) is 9.70. The molecular weight excluding hydrogens is 250 g/mol. The molecule has 4 heteroatoms. The van der Waals surface area contributed by atoms with Crippen molar-refractivity contribution >= 4 is 11.6 Å². The summed E-state index contributed by atoms with van der Waals surface area (Å²) in [5.41, 5.74) is 4.04. The lowest BCUT2D eigenvalue weighted by Gasteiger charge is -2.26. The van der Waals surface area contributed by atoms with Crippen molar-refractivity contribution in [2.24, 2.45) is 0 Å². The summed E-state index contributed by atoms with van der Waals surface area (Å²) in [4.78, 5) is 16.4. The van der Waals surface area contributed by atoms with Gasteiger partial charge in [-0.15, -0.1) is 0 Å². The average molecular weight is 265 g/mol. The van der Waals surface area contributed by atoms with Gasteiger partial charge in [0.25, 0.3) is 0 Å². The van der Waals surface area contributed by atoms with E-state index >= 15 is 0 Å². The number of hydrogen-bond donors (Lipinski definition) is 1. The van der Waals surface area contributed by atoms with E-state index in [1.54, 1.807) is 11.9 Å². The number of aryl methyl sites for hydroxylation is 1. The zero-order valence-electron chi connectivity index (χ0n) is 11.3. The molecule has 0 fully saturated rings. The smallest absolute Gasteiger partial charge is 0.227 e. The second-order valence-electron chi connectivity index (χ2n) is 5.05. The van der Waals surface area contributed by atoms with E-state index in [-0.39, 0.29) is 11.8 Å². The number of amides is 1. The third-order valence-corrected chi connectivity index (χ3v) is 3.86. The van der Waals surface area contributed by atoms with Gasteiger partial charge in [0.2, 0.25) is 5.91 Å². The topological polar surface area (TPSA) is 59.9 Å². The molecule has 100 valence electrons. The Morgan fingerprint density at radius 3 is 2.85 bits per heavy atom. The maximum absolute atomic E-state index is 11.7. The fourth-order valence-electron chi connectivity index (χ4n) is 2.71. The molecule has 1 aromatic heterocycles. The van der Waals surface area contributed by atoms with Gasteiger partial charge in [-0.2, -0.15) is 5.26 Å². The molecule has 1 aliphatic rings. The van der Waals surface area contributed by atoms with Crippen molar-refractivity contribution in [3.05, 3.63) is 53.3 Å². The number of nitrogens with one attached hydrogen (secondary N) is 1. The lowest BCUT2D eigenvalue weighted by Crippen LogP contribution is -2.31. The zero-order valence-corrected chi connectivity index (χ0v) is 11.3. The van der Waals surface area contributed by atoms with Gasteiger partial charge >= 0.3 is 0 Å². The molecule has 2 heterocycles. The minimum Gasteiger partial charge on any atom is -0.367 e. The number of aromatic amines is 1. The van der Waals surface area contributed by atoms with Gasteiger partial charge in [0.1, 0.15) is 0 Å². The number of carbonyl (C=O) groups is 1. The van der Waals surface area contributed by atoms with Crippen LogP contribution in [-0.4, -0.2) is 17.9 Å². The normalized spacial score (nSPS) is 15.6. The van der Waals surface area contributed by atoms with Gasteiger partial charge in [0.05, 0.1) is 12.0 Å². The molecule has 1 N–H and O–H groups in total. The van der Waals surface area contributed by atoms with E-state index < -0.39 is 0 Å². The second kappa shape index (κ2) is 4.86. The van der Waals surface area contributed by atoms with Crippen molar-refractivity contribution in [2.75, 3.05) is 11.9 Å². The highest BCUT2D eigenvalue weighted by atomic mass is 16.2. The first-order valence-corrected chi connectivity index (χ1v) is 6.62. The van der Waals surface area contributed by atoms with Crippen molar-refractivity contribution in [3.63, 3.8) is 0 Å². The molecule has 3 rings (SSSR count). The summed E-state index contributed by atoms with van der Waals surface area (Å²) < 4.78 is 0. The van der Waals surface area contributed by atoms with Crippen LogP contribution in [0.1, 0.15) is 29.0 Å². The molecule has 0 aliphatic carbocycles. The van der Waals surface area contributed by atoms with Gasteiger partial charge in [-0.25, -0.2) is 0 Å². The van der Waals surface area contributed by atoms with Crippen LogP contribution in [0.5, 0.6) is 0 Å². The molecule has 1 aliphatic heterocycles. The molecule has 1 aromatic carbocycles. The molecule has 0 saturated carbocycles. The van der Waals surface area contributed by atoms with Gasteiger partial charge in [0.15, 0.2) is 0 Å². The Labute approximate surface area is 117 Å². The Kier molecular flexibility index (Phi) is 3.03. The number of hydrogen-bond acceptors (Lipinski definition) is 2. The van der Waals surface area contributed by atoms with Gasteiger partial charge in [-0.3, -0.25) is 4.79 Å². The summed E-state index contributed by atoms with van der Waals surface area (Å²) in [6.07, 6.45) is 4.96. The third kappa shape index (κ3) is 1.97. The third-order valence-electron chi connectivity index (χ3n) is 3.86. The van der Waals surface area contributed by atoms with E-state index in [9.17, 15) is 10.1 Å². The number of nitrogens with zero attached hydrogens (tertiary/aromatic N) is 2. The lowest BCUT2D eigenvalue weighted by molar-refractivity contribution is -0.118. The minimum absolute atomic E-state index is 0.146. The van der Waals surface area contributed by atoms with Crippen molar-refractivity contribution in [1.29, 1.82) is 5.26 Å². The van der Waals surface area contributed by atoms with Crippen LogP contribution in [0.4, 0.5) is 5.69 Å². The summed E-state index contributed by atoms with van der Waals surface area (Å²) in [5, 5.41) is 9.42. The van der Waals surface area contributed by atoms with Crippen LogP contribution in [-0.2, 0) is 11.2 Å². The van der Waals surface area contributed by atoms with Crippen LogP contribution in [0, 0.1) is 11.3 Å². The summed E-state index contributed by atoms with van der Waals surface area (Å²) >= 11 is 0. The fourth-order valence-corrected chi connectivity index (χ4v) is 2.71. The van der Waals surface area contributed by atoms with Gasteiger partial charge < -0.3 is 9.88 Å². The summed E-state index contributed by atoms with van der Waals surface area (Å²) in [6, 6.07) is 10.2. The Bertz CT molecular complexity index is 682. The minimum atomic E-state index is -0.269. The summed E-state index contributed by atoms with van der Waals surface area (Å²) in [5.74, 6) is -0.123. The van der Waals surface area contributed by atoms with Crippen LogP contribution in [0.3, 0.4) is 0 Å². The monoisotopic (exact) mass is 265 g/mol. The van der Waals surface area contributed by atoms with Gasteiger partial charge in [-0.05, 0) is 35.2 Å². The largest absolute Gasteiger partial charge is 0.367 e. The second-order valence-corrected chi connectivity index (χ2v) is 5.05. The molecule has 1 unspecified atom stereocenters. The van der Waals surface area contributed by atoms with Gasteiger partial charge in [0, 0.05) is 31.5 Å². The van der Waals surface area contributed by atoms with Gasteiger partial charge in [-0.1, -0.05) is 12.1 Å². The Balaban J connectivity index is 2.01. The van der Waals surface area contributed by atoms with E-state index in [1.165, 1.54) is 0 Å². The predicted octanol–water partition coefficient (Wildman–Crippen LogP) is 2.58. The highest BCUT2D eigenvalue weighted by Gasteiger charge is 2.22. The first kappa shape index (κ1) is 12.5. The molecule has 2 aromatic rings. The molecule has 20 heavy (non-hydrogen) atoms. The molecule has 0 saturated heterocycles. The maximum atomic E-state index is 11.7. The van der Waals surface area contributed by atoms with E-state index in [0.29, 0.717) is 6.42 Å². The standard InChI is InChI=1S/C16H15N3O/c1-19-15-4-2-11(8-12(15)3-5-16(19)20)14(9-17)13-6-7-18-10-13/h2,4,6-8,10,14,18H,3,5H2,1H3. The highest BCUT2D eigenvalue weighted by molar-refractivity contribution is 5.95. The Morgan fingerprint density at radius 1 is 1.30 bits per heavy atom. The number of carbonyl (C=O) groups excluding carboxylic acids is 1. The number of rotatable bonds is 2. The maximum Gasteiger partial charge on any atom is 0.227 e. The van der Waals surface area contributed by atoms with Crippen LogP contribution >= 0.6 is 0 Å². The summed E-state index contributed by atoms with van der Waals surface area (Å²) in [7, 11) is 1.80. The van der Waals surface area contributed by atoms with Crippen LogP contribution in [0.15, 0.2) is 36.7 Å².